The van der Waals surface area contributed by atoms with Gasteiger partial charge in [0.2, 0.25) is 0 Å². The van der Waals surface area contributed by atoms with E-state index in [1.807, 2.05) is 0 Å². The monoisotopic (exact) mass is 350 g/mol. The second kappa shape index (κ2) is 5.70. The molecule has 2 aromatic carbocycles. The topological polar surface area (TPSA) is 0 Å². The van der Waals surface area contributed by atoms with Crippen LogP contribution >= 0.6 is 0 Å². The summed E-state index contributed by atoms with van der Waals surface area (Å²) in [7, 11) is 0. The normalized spacial score (nSPS) is 23.2. The lowest BCUT2D eigenvalue weighted by atomic mass is 9.71. The molecule has 0 saturated carbocycles. The number of allylic oxidation sites excluding steroid dienone is 8. The molecule has 0 bridgehead atoms. The molecule has 0 nitrogen and oxygen atoms in total. The van der Waals surface area contributed by atoms with Gasteiger partial charge in [-0.25, -0.2) is 0 Å². The Balaban J connectivity index is 1.82. The van der Waals surface area contributed by atoms with Crippen LogP contribution in [0.5, 0.6) is 0 Å². The smallest absolute Gasteiger partial charge is 0.0327 e. The Kier molecular flexibility index (Phi) is 3.49. The fraction of sp³-hybridized carbons (Fsp3) is 0.259. The molecule has 0 N–H and O–H groups in total. The van der Waals surface area contributed by atoms with E-state index in [0.29, 0.717) is 5.92 Å². The van der Waals surface area contributed by atoms with Crippen molar-refractivity contribution in [1.29, 1.82) is 0 Å². The summed E-state index contributed by atoms with van der Waals surface area (Å²) >= 11 is 0. The van der Waals surface area contributed by atoms with Crippen molar-refractivity contribution in [1.82, 2.24) is 0 Å². The first kappa shape index (κ1) is 16.6. The van der Waals surface area contributed by atoms with Gasteiger partial charge in [-0.05, 0) is 73.1 Å². The van der Waals surface area contributed by atoms with E-state index >= 15 is 0 Å². The van der Waals surface area contributed by atoms with Gasteiger partial charge in [0.05, 0.1) is 0 Å². The number of benzene rings is 2. The van der Waals surface area contributed by atoms with Crippen LogP contribution < -0.4 is 0 Å². The van der Waals surface area contributed by atoms with Crippen molar-refractivity contribution in [2.45, 2.75) is 45.4 Å². The molecule has 0 amide bonds. The highest BCUT2D eigenvalue weighted by Crippen LogP contribution is 2.51. The maximum Gasteiger partial charge on any atom is 0.0327 e. The maximum absolute atomic E-state index is 2.50. The lowest BCUT2D eigenvalue weighted by molar-refractivity contribution is 0.691. The summed E-state index contributed by atoms with van der Waals surface area (Å²) in [6.45, 7) is 9.29. The zero-order chi connectivity index (χ0) is 18.8. The first-order valence-electron chi connectivity index (χ1n) is 9.98. The highest BCUT2D eigenvalue weighted by Gasteiger charge is 2.39. The third-order valence-corrected chi connectivity index (χ3v) is 7.08. The molecule has 0 spiro atoms. The fourth-order valence-corrected chi connectivity index (χ4v) is 5.35. The van der Waals surface area contributed by atoms with Gasteiger partial charge in [-0.1, -0.05) is 77.9 Å². The van der Waals surface area contributed by atoms with Gasteiger partial charge in [-0.2, -0.15) is 0 Å². The third kappa shape index (κ3) is 2.22. The Morgan fingerprint density at radius 1 is 0.889 bits per heavy atom. The second-order valence-corrected chi connectivity index (χ2v) is 8.47. The minimum absolute atomic E-state index is 0.0266. The van der Waals surface area contributed by atoms with Gasteiger partial charge in [0, 0.05) is 11.3 Å². The van der Waals surface area contributed by atoms with Crippen LogP contribution in [0.25, 0.3) is 11.1 Å². The number of fused-ring (bicyclic) bond motifs is 3. The molecule has 0 aromatic heterocycles. The molecule has 0 heteroatoms. The molecule has 27 heavy (non-hydrogen) atoms. The Morgan fingerprint density at radius 2 is 1.63 bits per heavy atom. The highest BCUT2D eigenvalue weighted by molar-refractivity contribution is 5.80. The van der Waals surface area contributed by atoms with Crippen molar-refractivity contribution < 1.29 is 0 Å². The summed E-state index contributed by atoms with van der Waals surface area (Å²) in [5.74, 6) is 0.383. The Labute approximate surface area is 162 Å². The highest BCUT2D eigenvalue weighted by atomic mass is 14.4. The van der Waals surface area contributed by atoms with Gasteiger partial charge >= 0.3 is 0 Å². The summed E-state index contributed by atoms with van der Waals surface area (Å²) in [4.78, 5) is 0. The van der Waals surface area contributed by atoms with Crippen molar-refractivity contribution >= 4 is 0 Å². The average Bonchev–Trinajstić information content (AvgIpc) is 3.36. The van der Waals surface area contributed by atoms with E-state index in [2.05, 4.69) is 94.5 Å². The average molecular weight is 351 g/mol. The quantitative estimate of drug-likeness (QED) is 0.466. The number of hydrogen-bond acceptors (Lipinski definition) is 0. The van der Waals surface area contributed by atoms with Gasteiger partial charge in [0.1, 0.15) is 0 Å². The van der Waals surface area contributed by atoms with Crippen molar-refractivity contribution in [3.8, 4) is 11.1 Å². The first-order valence-corrected chi connectivity index (χ1v) is 9.98. The van der Waals surface area contributed by atoms with E-state index < -0.39 is 0 Å². The number of rotatable bonds is 2. The van der Waals surface area contributed by atoms with Crippen LogP contribution in [0.1, 0.15) is 55.9 Å². The predicted octanol–water partition coefficient (Wildman–Crippen LogP) is 7.02. The summed E-state index contributed by atoms with van der Waals surface area (Å²) in [5, 5.41) is 0. The van der Waals surface area contributed by atoms with Crippen molar-refractivity contribution in [3.63, 3.8) is 0 Å². The lowest BCUT2D eigenvalue weighted by Gasteiger charge is -2.32. The maximum atomic E-state index is 2.50. The summed E-state index contributed by atoms with van der Waals surface area (Å²) in [6.07, 6.45) is 12.6. The van der Waals surface area contributed by atoms with Gasteiger partial charge in [-0.15, -0.1) is 0 Å². The van der Waals surface area contributed by atoms with Gasteiger partial charge < -0.3 is 0 Å². The zero-order valence-electron chi connectivity index (χ0n) is 16.6. The van der Waals surface area contributed by atoms with Crippen molar-refractivity contribution in [2.75, 3.05) is 0 Å². The molecule has 1 unspecified atom stereocenters. The molecule has 2 aromatic rings. The van der Waals surface area contributed by atoms with E-state index in [1.165, 1.54) is 50.1 Å². The van der Waals surface area contributed by atoms with Crippen LogP contribution in [0.4, 0.5) is 0 Å². The van der Waals surface area contributed by atoms with Crippen LogP contribution in [0.15, 0.2) is 83.5 Å². The van der Waals surface area contributed by atoms with Crippen molar-refractivity contribution in [2.24, 2.45) is 0 Å². The summed E-state index contributed by atoms with van der Waals surface area (Å²) < 4.78 is 0. The molecule has 134 valence electrons. The Morgan fingerprint density at radius 3 is 2.33 bits per heavy atom. The molecular formula is C27H26. The van der Waals surface area contributed by atoms with Crippen LogP contribution in [0.2, 0.25) is 0 Å². The zero-order valence-corrected chi connectivity index (χ0v) is 16.6. The largest absolute Gasteiger partial charge is 0.0732 e. The Hall–Kier alpha value is -2.60. The standard InChI is InChI=1S/C27H26/c1-17-16-27(4,19(3)18(17)2)26-23(20-9-5-6-10-20)13-14-24-22-12-8-7-11-21(22)15-25(24)26/h5-14,16,20H,15H2,1-4H3. The van der Waals surface area contributed by atoms with Crippen LogP contribution in [-0.2, 0) is 11.8 Å². The summed E-state index contributed by atoms with van der Waals surface area (Å²) in [5.41, 5.74) is 13.2. The molecule has 0 aliphatic heterocycles. The minimum atomic E-state index is -0.0266. The minimum Gasteiger partial charge on any atom is -0.0732 e. The van der Waals surface area contributed by atoms with E-state index in [4.69, 9.17) is 0 Å². The van der Waals surface area contributed by atoms with Crippen molar-refractivity contribution in [3.05, 3.63) is 106 Å². The third-order valence-electron chi connectivity index (χ3n) is 7.08. The SMILES string of the molecule is CC1=CC(C)(c2c(C3C=CC=C3)ccc3c2Cc2ccccc2-3)C(C)=C1C. The van der Waals surface area contributed by atoms with E-state index in [-0.39, 0.29) is 5.41 Å². The van der Waals surface area contributed by atoms with Crippen LogP contribution in [0, 0.1) is 0 Å². The second-order valence-electron chi connectivity index (χ2n) is 8.47. The molecule has 0 heterocycles. The predicted molar refractivity (Wildman–Crippen MR) is 115 cm³/mol. The van der Waals surface area contributed by atoms with Gasteiger partial charge in [-0.3, -0.25) is 0 Å². The van der Waals surface area contributed by atoms with E-state index in [0.717, 1.165) is 6.42 Å². The number of hydrogen-bond donors (Lipinski definition) is 0. The lowest BCUT2D eigenvalue weighted by Crippen LogP contribution is -2.24. The van der Waals surface area contributed by atoms with E-state index in [1.54, 1.807) is 0 Å². The Bertz CT molecular complexity index is 1080. The van der Waals surface area contributed by atoms with Gasteiger partial charge in [0.15, 0.2) is 0 Å². The van der Waals surface area contributed by atoms with E-state index in [9.17, 15) is 0 Å². The van der Waals surface area contributed by atoms with Gasteiger partial charge in [0.25, 0.3) is 0 Å². The molecule has 3 aliphatic rings. The molecule has 0 fully saturated rings. The molecule has 0 saturated heterocycles. The van der Waals surface area contributed by atoms with Crippen LogP contribution in [-0.4, -0.2) is 0 Å². The van der Waals surface area contributed by atoms with Crippen LogP contribution in [0.3, 0.4) is 0 Å². The molecular weight excluding hydrogens is 324 g/mol. The first-order chi connectivity index (χ1) is 13.0. The molecule has 5 rings (SSSR count). The molecule has 3 aliphatic carbocycles. The molecule has 0 radical (unpaired) electrons. The summed E-state index contributed by atoms with van der Waals surface area (Å²) in [6, 6.07) is 13.7. The molecule has 1 atom stereocenters. The fourth-order valence-electron chi connectivity index (χ4n) is 5.35.